The number of benzene rings is 1. The summed E-state index contributed by atoms with van der Waals surface area (Å²) in [6, 6.07) is 2.93. The van der Waals surface area contributed by atoms with E-state index in [9.17, 15) is 14.7 Å². The number of carboxylic acids is 1. The normalized spacial score (nSPS) is 13.8. The second-order valence-corrected chi connectivity index (χ2v) is 4.34. The molecule has 1 heterocycles. The molecule has 18 heavy (non-hydrogen) atoms. The summed E-state index contributed by atoms with van der Waals surface area (Å²) in [4.78, 5) is 22.9. The van der Waals surface area contributed by atoms with E-state index < -0.39 is 17.3 Å². The van der Waals surface area contributed by atoms with Gasteiger partial charge >= 0.3 is 11.6 Å². The van der Waals surface area contributed by atoms with Gasteiger partial charge in [-0.05, 0) is 37.0 Å². The predicted octanol–water partition coefficient (Wildman–Crippen LogP) is 1.69. The Morgan fingerprint density at radius 2 is 1.94 bits per heavy atom. The Balaban J connectivity index is 2.51. The summed E-state index contributed by atoms with van der Waals surface area (Å²) >= 11 is 0. The van der Waals surface area contributed by atoms with Crippen LogP contribution in [0.3, 0.4) is 0 Å². The first-order valence-corrected chi connectivity index (χ1v) is 5.63. The zero-order valence-corrected chi connectivity index (χ0v) is 9.40. The van der Waals surface area contributed by atoms with Crippen LogP contribution in [0, 0.1) is 0 Å². The number of rotatable bonds is 1. The van der Waals surface area contributed by atoms with E-state index in [-0.39, 0.29) is 11.1 Å². The fourth-order valence-electron chi connectivity index (χ4n) is 2.54. The van der Waals surface area contributed by atoms with Gasteiger partial charge in [-0.1, -0.05) is 0 Å². The van der Waals surface area contributed by atoms with Gasteiger partial charge in [0, 0.05) is 10.9 Å². The van der Waals surface area contributed by atoms with Crippen molar-refractivity contribution in [1.29, 1.82) is 0 Å². The highest BCUT2D eigenvalue weighted by atomic mass is 16.4. The fraction of sp³-hybridized carbons (Fsp3) is 0.231. The summed E-state index contributed by atoms with van der Waals surface area (Å²) < 4.78 is 5.08. The van der Waals surface area contributed by atoms with Gasteiger partial charge in [0.2, 0.25) is 0 Å². The van der Waals surface area contributed by atoms with Gasteiger partial charge < -0.3 is 14.6 Å². The van der Waals surface area contributed by atoms with Crippen LogP contribution in [0.1, 0.15) is 27.9 Å². The van der Waals surface area contributed by atoms with Crippen LogP contribution in [0.2, 0.25) is 0 Å². The van der Waals surface area contributed by atoms with E-state index in [0.29, 0.717) is 17.4 Å². The first-order chi connectivity index (χ1) is 8.59. The van der Waals surface area contributed by atoms with Crippen molar-refractivity contribution in [1.82, 2.24) is 0 Å². The minimum Gasteiger partial charge on any atom is -0.507 e. The number of hydrogen-bond acceptors (Lipinski definition) is 4. The van der Waals surface area contributed by atoms with Gasteiger partial charge in [0.25, 0.3) is 0 Å². The Kier molecular flexibility index (Phi) is 2.16. The number of aryl methyl sites for hydroxylation is 1. The molecule has 0 spiro atoms. The van der Waals surface area contributed by atoms with Crippen LogP contribution in [0.5, 0.6) is 5.75 Å². The van der Waals surface area contributed by atoms with E-state index in [1.807, 2.05) is 0 Å². The minimum atomic E-state index is -1.31. The Morgan fingerprint density at radius 3 is 2.67 bits per heavy atom. The van der Waals surface area contributed by atoms with Crippen molar-refractivity contribution in [3.63, 3.8) is 0 Å². The van der Waals surface area contributed by atoms with Gasteiger partial charge in [-0.3, -0.25) is 0 Å². The Bertz CT molecular complexity index is 726. The molecule has 0 radical (unpaired) electrons. The molecule has 0 amide bonds. The molecule has 0 fully saturated rings. The number of aromatic hydroxyl groups is 1. The Morgan fingerprint density at radius 1 is 1.22 bits per heavy atom. The highest BCUT2D eigenvalue weighted by Crippen LogP contribution is 2.32. The van der Waals surface area contributed by atoms with E-state index in [0.717, 1.165) is 18.4 Å². The van der Waals surface area contributed by atoms with Crippen molar-refractivity contribution in [3.05, 3.63) is 39.2 Å². The molecular weight excluding hydrogens is 236 g/mol. The molecular formula is C13H10O5. The van der Waals surface area contributed by atoms with E-state index in [2.05, 4.69) is 0 Å². The molecule has 1 aliphatic rings. The second-order valence-electron chi connectivity index (χ2n) is 4.34. The first kappa shape index (κ1) is 10.8. The summed E-state index contributed by atoms with van der Waals surface area (Å²) in [7, 11) is 0. The molecule has 0 saturated heterocycles. The molecule has 0 saturated carbocycles. The summed E-state index contributed by atoms with van der Waals surface area (Å²) in [5, 5.41) is 19.3. The monoisotopic (exact) mass is 246 g/mol. The van der Waals surface area contributed by atoms with Gasteiger partial charge in [-0.15, -0.1) is 0 Å². The van der Waals surface area contributed by atoms with Crippen LogP contribution in [0.15, 0.2) is 21.3 Å². The topological polar surface area (TPSA) is 87.7 Å². The lowest BCUT2D eigenvalue weighted by atomic mass is 10.0. The molecule has 2 aromatic rings. The van der Waals surface area contributed by atoms with E-state index in [1.165, 1.54) is 6.07 Å². The van der Waals surface area contributed by atoms with Gasteiger partial charge in [-0.25, -0.2) is 9.59 Å². The third-order valence-electron chi connectivity index (χ3n) is 3.33. The maximum absolute atomic E-state index is 11.8. The average molecular weight is 246 g/mol. The van der Waals surface area contributed by atoms with Crippen molar-refractivity contribution in [3.8, 4) is 5.75 Å². The zero-order valence-electron chi connectivity index (χ0n) is 9.40. The number of carboxylic acid groups (broad SMARTS) is 1. The van der Waals surface area contributed by atoms with Crippen molar-refractivity contribution in [2.45, 2.75) is 19.3 Å². The molecule has 1 aliphatic carbocycles. The van der Waals surface area contributed by atoms with Crippen molar-refractivity contribution in [2.75, 3.05) is 0 Å². The average Bonchev–Trinajstić information content (AvgIpc) is 2.77. The molecule has 3 rings (SSSR count). The molecule has 0 atom stereocenters. The van der Waals surface area contributed by atoms with Gasteiger partial charge in [0.05, 0.1) is 0 Å². The lowest BCUT2D eigenvalue weighted by Gasteiger charge is -2.07. The number of aromatic carboxylic acids is 1. The van der Waals surface area contributed by atoms with Crippen LogP contribution < -0.4 is 5.63 Å². The SMILES string of the molecule is O=C(O)c1c(O)ccc2c3c(c(=O)oc12)CCC3. The lowest BCUT2D eigenvalue weighted by Crippen LogP contribution is -2.09. The quantitative estimate of drug-likeness (QED) is 0.747. The van der Waals surface area contributed by atoms with Crippen LogP contribution in [-0.4, -0.2) is 16.2 Å². The molecule has 0 bridgehead atoms. The van der Waals surface area contributed by atoms with Crippen LogP contribution in [0.25, 0.3) is 11.0 Å². The molecule has 1 aromatic heterocycles. The highest BCUT2D eigenvalue weighted by Gasteiger charge is 2.24. The fourth-order valence-corrected chi connectivity index (χ4v) is 2.54. The molecule has 5 nitrogen and oxygen atoms in total. The van der Waals surface area contributed by atoms with E-state index in [1.54, 1.807) is 6.07 Å². The van der Waals surface area contributed by atoms with Crippen LogP contribution in [-0.2, 0) is 12.8 Å². The molecule has 5 heteroatoms. The number of phenols is 1. The molecule has 92 valence electrons. The Labute approximate surface area is 101 Å². The number of hydrogen-bond donors (Lipinski definition) is 2. The first-order valence-electron chi connectivity index (χ1n) is 5.63. The maximum Gasteiger partial charge on any atom is 0.343 e. The van der Waals surface area contributed by atoms with E-state index in [4.69, 9.17) is 9.52 Å². The predicted molar refractivity (Wildman–Crippen MR) is 63.1 cm³/mol. The molecule has 1 aromatic carbocycles. The summed E-state index contributed by atoms with van der Waals surface area (Å²) in [6.45, 7) is 0. The summed E-state index contributed by atoms with van der Waals surface area (Å²) in [6.07, 6.45) is 2.26. The minimum absolute atomic E-state index is 0.0341. The lowest BCUT2D eigenvalue weighted by molar-refractivity contribution is 0.0694. The Hall–Kier alpha value is -2.30. The van der Waals surface area contributed by atoms with Crippen molar-refractivity contribution in [2.24, 2.45) is 0 Å². The molecule has 0 aliphatic heterocycles. The molecule has 0 unspecified atom stereocenters. The third kappa shape index (κ3) is 1.33. The van der Waals surface area contributed by atoms with Crippen LogP contribution in [0.4, 0.5) is 0 Å². The van der Waals surface area contributed by atoms with Gasteiger partial charge in [0.15, 0.2) is 5.58 Å². The zero-order chi connectivity index (χ0) is 12.9. The van der Waals surface area contributed by atoms with E-state index >= 15 is 0 Å². The summed E-state index contributed by atoms with van der Waals surface area (Å²) in [5.41, 5.74) is 0.601. The largest absolute Gasteiger partial charge is 0.507 e. The smallest absolute Gasteiger partial charge is 0.343 e. The standard InChI is InChI=1S/C13H10O5/c14-9-5-4-7-6-2-1-3-8(6)13(17)18-11(7)10(9)12(15)16/h4-5,14H,1-3H2,(H,15,16). The van der Waals surface area contributed by atoms with Crippen molar-refractivity contribution < 1.29 is 19.4 Å². The van der Waals surface area contributed by atoms with Gasteiger partial charge in [0.1, 0.15) is 11.3 Å². The van der Waals surface area contributed by atoms with Crippen molar-refractivity contribution >= 4 is 16.9 Å². The third-order valence-corrected chi connectivity index (χ3v) is 3.33. The van der Waals surface area contributed by atoms with Crippen LogP contribution >= 0.6 is 0 Å². The van der Waals surface area contributed by atoms with Gasteiger partial charge in [-0.2, -0.15) is 0 Å². The second kappa shape index (κ2) is 3.60. The number of carbonyl (C=O) groups is 1. The summed E-state index contributed by atoms with van der Waals surface area (Å²) in [5.74, 6) is -1.70. The molecule has 2 N–H and O–H groups in total. The maximum atomic E-state index is 11.8. The number of fused-ring (bicyclic) bond motifs is 3. The highest BCUT2D eigenvalue weighted by molar-refractivity contribution is 6.04.